The molecule has 2 heterocycles. The number of nitrogens with one attached hydrogen (secondary N) is 1. The number of nitrogens with zero attached hydrogens (tertiary/aromatic N) is 2. The minimum absolute atomic E-state index is 0.0426. The quantitative estimate of drug-likeness (QED) is 0.789. The van der Waals surface area contributed by atoms with Crippen molar-refractivity contribution < 1.29 is 22.5 Å². The average molecular weight is 407 g/mol. The van der Waals surface area contributed by atoms with E-state index in [1.165, 1.54) is 6.07 Å². The van der Waals surface area contributed by atoms with Gasteiger partial charge in [-0.05, 0) is 57.4 Å². The Hall–Kier alpha value is -2.39. The number of amides is 1. The van der Waals surface area contributed by atoms with Crippen LogP contribution >= 0.6 is 0 Å². The van der Waals surface area contributed by atoms with Gasteiger partial charge in [0.25, 0.3) is 15.9 Å². The van der Waals surface area contributed by atoms with Gasteiger partial charge in [-0.15, -0.1) is 0 Å². The van der Waals surface area contributed by atoms with Crippen molar-refractivity contribution in [3.8, 4) is 0 Å². The summed E-state index contributed by atoms with van der Waals surface area (Å²) in [6, 6.07) is 6.48. The molecule has 1 aromatic carbocycles. The fourth-order valence-electron chi connectivity index (χ4n) is 3.22. The number of fused-ring (bicyclic) bond motifs is 1. The molecule has 0 spiro atoms. The van der Waals surface area contributed by atoms with Crippen LogP contribution in [0.15, 0.2) is 33.7 Å². The zero-order valence-corrected chi connectivity index (χ0v) is 17.2. The van der Waals surface area contributed by atoms with Crippen LogP contribution in [0.5, 0.6) is 0 Å². The SMILES string of the molecule is Cc1cc(NS(=O)(=O)c2ccc3c(c2)CN(C(=O)[C@@H](C)OC(C)C)CC3)no1. The Balaban J connectivity index is 1.78. The molecule has 1 aliphatic rings. The van der Waals surface area contributed by atoms with Crippen LogP contribution in [0.3, 0.4) is 0 Å². The molecular formula is C19H25N3O5S. The van der Waals surface area contributed by atoms with Crippen LogP contribution in [0.2, 0.25) is 0 Å². The van der Waals surface area contributed by atoms with Crippen LogP contribution in [0, 0.1) is 6.92 Å². The smallest absolute Gasteiger partial charge is 0.263 e. The van der Waals surface area contributed by atoms with E-state index in [9.17, 15) is 13.2 Å². The summed E-state index contributed by atoms with van der Waals surface area (Å²) in [5.74, 6) is 0.547. The summed E-state index contributed by atoms with van der Waals surface area (Å²) in [4.78, 5) is 14.4. The second-order valence-corrected chi connectivity index (χ2v) is 8.88. The number of rotatable bonds is 6. The molecule has 0 aliphatic carbocycles. The van der Waals surface area contributed by atoms with E-state index in [-0.39, 0.29) is 22.7 Å². The number of carbonyl (C=O) groups is 1. The monoisotopic (exact) mass is 407 g/mol. The van der Waals surface area contributed by atoms with Gasteiger partial charge in [0.2, 0.25) is 0 Å². The number of aryl methyl sites for hydroxylation is 1. The van der Waals surface area contributed by atoms with Crippen molar-refractivity contribution in [1.82, 2.24) is 10.1 Å². The van der Waals surface area contributed by atoms with Crippen LogP contribution < -0.4 is 4.72 Å². The van der Waals surface area contributed by atoms with Crippen molar-refractivity contribution in [3.05, 3.63) is 41.2 Å². The molecule has 2 aromatic rings. The first-order valence-corrected chi connectivity index (χ1v) is 10.7. The lowest BCUT2D eigenvalue weighted by molar-refractivity contribution is -0.146. The maximum atomic E-state index is 12.6. The summed E-state index contributed by atoms with van der Waals surface area (Å²) >= 11 is 0. The van der Waals surface area contributed by atoms with Crippen LogP contribution in [-0.2, 0) is 32.5 Å². The molecule has 0 saturated heterocycles. The molecular weight excluding hydrogens is 382 g/mol. The molecule has 0 radical (unpaired) electrons. The second-order valence-electron chi connectivity index (χ2n) is 7.20. The highest BCUT2D eigenvalue weighted by Crippen LogP contribution is 2.24. The molecule has 0 saturated carbocycles. The molecule has 8 nitrogen and oxygen atoms in total. The molecule has 1 aliphatic heterocycles. The minimum atomic E-state index is -3.80. The van der Waals surface area contributed by atoms with E-state index in [0.717, 1.165) is 11.1 Å². The third-order valence-electron chi connectivity index (χ3n) is 4.50. The predicted octanol–water partition coefficient (Wildman–Crippen LogP) is 2.48. The van der Waals surface area contributed by atoms with Crippen LogP contribution in [0.25, 0.3) is 0 Å². The number of hydrogen-bond donors (Lipinski definition) is 1. The summed E-state index contributed by atoms with van der Waals surface area (Å²) in [7, 11) is -3.80. The van der Waals surface area contributed by atoms with Crippen molar-refractivity contribution >= 4 is 21.7 Å². The van der Waals surface area contributed by atoms with E-state index in [1.54, 1.807) is 36.9 Å². The summed E-state index contributed by atoms with van der Waals surface area (Å²) in [6.07, 6.45) is 0.0932. The van der Waals surface area contributed by atoms with Gasteiger partial charge < -0.3 is 14.2 Å². The lowest BCUT2D eigenvalue weighted by Gasteiger charge is -2.31. The average Bonchev–Trinajstić information content (AvgIpc) is 3.03. The van der Waals surface area contributed by atoms with Crippen LogP contribution in [0.4, 0.5) is 5.82 Å². The third kappa shape index (κ3) is 4.53. The number of benzene rings is 1. The van der Waals surface area contributed by atoms with Gasteiger partial charge in [0.15, 0.2) is 5.82 Å². The lowest BCUT2D eigenvalue weighted by atomic mass is 9.99. The molecule has 9 heteroatoms. The van der Waals surface area contributed by atoms with E-state index in [4.69, 9.17) is 9.26 Å². The van der Waals surface area contributed by atoms with Gasteiger partial charge in [0.05, 0.1) is 11.0 Å². The van der Waals surface area contributed by atoms with Gasteiger partial charge in [-0.1, -0.05) is 11.2 Å². The second kappa shape index (κ2) is 7.92. The van der Waals surface area contributed by atoms with Crippen molar-refractivity contribution in [3.63, 3.8) is 0 Å². The fraction of sp³-hybridized carbons (Fsp3) is 0.474. The molecule has 1 aromatic heterocycles. The Bertz CT molecular complexity index is 968. The molecule has 0 fully saturated rings. The summed E-state index contributed by atoms with van der Waals surface area (Å²) in [6.45, 7) is 8.13. The van der Waals surface area contributed by atoms with E-state index in [2.05, 4.69) is 9.88 Å². The Morgan fingerprint density at radius 3 is 2.64 bits per heavy atom. The maximum Gasteiger partial charge on any atom is 0.263 e. The van der Waals surface area contributed by atoms with Crippen molar-refractivity contribution in [1.29, 1.82) is 0 Å². The Labute approximate surface area is 164 Å². The normalized spacial score (nSPS) is 15.4. The Morgan fingerprint density at radius 2 is 2.00 bits per heavy atom. The molecule has 0 unspecified atom stereocenters. The van der Waals surface area contributed by atoms with Gasteiger partial charge >= 0.3 is 0 Å². The van der Waals surface area contributed by atoms with Crippen LogP contribution in [0.1, 0.15) is 37.7 Å². The number of carbonyl (C=O) groups excluding carboxylic acids is 1. The number of sulfonamides is 1. The predicted molar refractivity (Wildman–Crippen MR) is 103 cm³/mol. The first-order valence-electron chi connectivity index (χ1n) is 9.18. The topological polar surface area (TPSA) is 102 Å². The van der Waals surface area contributed by atoms with Gasteiger partial charge in [0, 0.05) is 19.2 Å². The molecule has 1 N–H and O–H groups in total. The number of anilines is 1. The standard InChI is InChI=1S/C19H25N3O5S/c1-12(2)26-14(4)19(23)22-8-7-15-5-6-17(10-16(15)11-22)28(24,25)21-18-9-13(3)27-20-18/h5-6,9-10,12,14H,7-8,11H2,1-4H3,(H,20,21)/t14-/m1/s1. The Morgan fingerprint density at radius 1 is 1.25 bits per heavy atom. The summed E-state index contributed by atoms with van der Waals surface area (Å²) in [5.41, 5.74) is 1.85. The summed E-state index contributed by atoms with van der Waals surface area (Å²) in [5, 5.41) is 3.66. The van der Waals surface area contributed by atoms with Gasteiger partial charge in [0.1, 0.15) is 11.9 Å². The van der Waals surface area contributed by atoms with Gasteiger partial charge in [-0.3, -0.25) is 9.52 Å². The van der Waals surface area contributed by atoms with Crippen LogP contribution in [-0.4, -0.2) is 43.1 Å². The highest BCUT2D eigenvalue weighted by molar-refractivity contribution is 7.92. The van der Waals surface area contributed by atoms with Crippen molar-refractivity contribution in [2.45, 2.75) is 57.8 Å². The minimum Gasteiger partial charge on any atom is -0.366 e. The number of ether oxygens (including phenoxy) is 1. The van der Waals surface area contributed by atoms with Gasteiger partial charge in [-0.2, -0.15) is 0 Å². The van der Waals surface area contributed by atoms with Crippen molar-refractivity contribution in [2.75, 3.05) is 11.3 Å². The van der Waals surface area contributed by atoms with Crippen molar-refractivity contribution in [2.24, 2.45) is 0 Å². The maximum absolute atomic E-state index is 12.6. The summed E-state index contributed by atoms with van der Waals surface area (Å²) < 4.78 is 38.2. The zero-order valence-electron chi connectivity index (χ0n) is 16.4. The molecule has 28 heavy (non-hydrogen) atoms. The zero-order chi connectivity index (χ0) is 20.5. The highest BCUT2D eigenvalue weighted by atomic mass is 32.2. The highest BCUT2D eigenvalue weighted by Gasteiger charge is 2.27. The largest absolute Gasteiger partial charge is 0.366 e. The third-order valence-corrected chi connectivity index (χ3v) is 5.86. The first kappa shape index (κ1) is 20.3. The fourth-order valence-corrected chi connectivity index (χ4v) is 4.26. The van der Waals surface area contributed by atoms with Gasteiger partial charge in [-0.25, -0.2) is 8.42 Å². The number of aromatic nitrogens is 1. The van der Waals surface area contributed by atoms with E-state index in [1.807, 2.05) is 13.8 Å². The molecule has 152 valence electrons. The molecule has 1 amide bonds. The lowest BCUT2D eigenvalue weighted by Crippen LogP contribution is -2.42. The van der Waals surface area contributed by atoms with E-state index < -0.39 is 16.1 Å². The van der Waals surface area contributed by atoms with E-state index in [0.29, 0.717) is 25.3 Å². The Kier molecular flexibility index (Phi) is 5.76. The molecule has 0 bridgehead atoms. The van der Waals surface area contributed by atoms with E-state index >= 15 is 0 Å². The number of hydrogen-bond acceptors (Lipinski definition) is 6. The molecule has 1 atom stereocenters. The first-order chi connectivity index (χ1) is 13.2. The molecule has 3 rings (SSSR count).